The Bertz CT molecular complexity index is 1620. The van der Waals surface area contributed by atoms with Crippen LogP contribution in [-0.2, 0) is 30.8 Å². The predicted octanol–water partition coefficient (Wildman–Crippen LogP) is 3.44. The van der Waals surface area contributed by atoms with Crippen LogP contribution < -0.4 is 25.2 Å². The van der Waals surface area contributed by atoms with Crippen molar-refractivity contribution < 1.29 is 27.5 Å². The normalized spacial score (nSPS) is 17.6. The molecule has 0 saturated carbocycles. The Morgan fingerprint density at radius 2 is 1.71 bits per heavy atom. The van der Waals surface area contributed by atoms with E-state index in [0.29, 0.717) is 17.1 Å². The van der Waals surface area contributed by atoms with Crippen molar-refractivity contribution in [3.63, 3.8) is 0 Å². The van der Waals surface area contributed by atoms with Crippen molar-refractivity contribution in [3.05, 3.63) is 64.6 Å². The molecule has 226 valence electrons. The first-order chi connectivity index (χ1) is 19.4. The van der Waals surface area contributed by atoms with Gasteiger partial charge in [-0.05, 0) is 62.0 Å². The molecule has 0 radical (unpaired) electrons. The van der Waals surface area contributed by atoms with Crippen molar-refractivity contribution in [1.29, 1.82) is 0 Å². The number of halogens is 2. The summed E-state index contributed by atoms with van der Waals surface area (Å²) in [5.74, 6) is -1.78. The van der Waals surface area contributed by atoms with Gasteiger partial charge in [0.2, 0.25) is 11.8 Å². The van der Waals surface area contributed by atoms with Gasteiger partial charge in [0.25, 0.3) is 5.91 Å². The molecule has 10 nitrogen and oxygen atoms in total. The zero-order valence-corrected chi connectivity index (χ0v) is 27.1. The van der Waals surface area contributed by atoms with E-state index in [1.165, 1.54) is 9.80 Å². The van der Waals surface area contributed by atoms with E-state index >= 15 is 0 Å². The molecule has 0 aliphatic carbocycles. The number of carbonyl (C=O) groups excluding carboxylic acids is 3. The minimum absolute atomic E-state index is 0. The van der Waals surface area contributed by atoms with Crippen LogP contribution in [0.15, 0.2) is 59.1 Å². The van der Waals surface area contributed by atoms with Crippen LogP contribution in [0, 0.1) is 0 Å². The van der Waals surface area contributed by atoms with E-state index in [9.17, 15) is 22.8 Å². The molecule has 0 saturated heterocycles. The fourth-order valence-electron chi connectivity index (χ4n) is 5.04. The molecular formula is C29H34BrClN4O6S. The molecule has 3 amide bonds. The molecule has 4 rings (SSSR count). The second kappa shape index (κ2) is 13.4. The zero-order valence-electron chi connectivity index (χ0n) is 23.9. The van der Waals surface area contributed by atoms with Crippen molar-refractivity contribution in [2.24, 2.45) is 0 Å². The molecule has 1 aliphatic rings. The van der Waals surface area contributed by atoms with E-state index in [0.717, 1.165) is 27.1 Å². The van der Waals surface area contributed by atoms with Gasteiger partial charge in [0, 0.05) is 16.3 Å². The highest BCUT2D eigenvalue weighted by atomic mass is 79.9. The minimum Gasteiger partial charge on any atom is -0.496 e. The van der Waals surface area contributed by atoms with Gasteiger partial charge in [0.1, 0.15) is 17.5 Å². The Balaban J connectivity index is 0.00000484. The number of hydrogen-bond acceptors (Lipinski definition) is 7. The standard InChI is InChI=1S/C29H33BrN4O6S.ClH/c1-17(31-3)28(36)32-27-18(2)34(26(35)16-41(5,38)39)24-12-7-6-11-23(24)33(29(27)37)15-21-19-9-8-10-22(30)20(19)13-14-25(21)40-4;/h6-14,17-18,27,31H,15-16H2,1-5H3,(H,32,36);1H/t17?,18-,27-;/m0./s1. The Hall–Kier alpha value is -3.19. The Morgan fingerprint density at radius 1 is 1.05 bits per heavy atom. The fraction of sp³-hybridized carbons (Fsp3) is 0.345. The van der Waals surface area contributed by atoms with Crippen LogP contribution in [-0.4, -0.2) is 70.4 Å². The van der Waals surface area contributed by atoms with E-state index < -0.39 is 51.4 Å². The number of rotatable bonds is 8. The number of fused-ring (bicyclic) bond motifs is 2. The second-order valence-corrected chi connectivity index (χ2v) is 13.1. The number of amides is 3. The van der Waals surface area contributed by atoms with Gasteiger partial charge < -0.3 is 25.2 Å². The summed E-state index contributed by atoms with van der Waals surface area (Å²) in [5.41, 5.74) is 1.49. The molecule has 0 fully saturated rings. The lowest BCUT2D eigenvalue weighted by Gasteiger charge is -2.32. The highest BCUT2D eigenvalue weighted by Crippen LogP contribution is 2.39. The summed E-state index contributed by atoms with van der Waals surface area (Å²) in [6, 6.07) is 13.6. The molecule has 42 heavy (non-hydrogen) atoms. The highest BCUT2D eigenvalue weighted by Gasteiger charge is 2.43. The van der Waals surface area contributed by atoms with Gasteiger partial charge in [-0.2, -0.15) is 0 Å². The minimum atomic E-state index is -3.69. The van der Waals surface area contributed by atoms with Crippen molar-refractivity contribution >= 4 is 78.0 Å². The number of ether oxygens (including phenoxy) is 1. The summed E-state index contributed by atoms with van der Waals surface area (Å²) in [4.78, 5) is 43.8. The monoisotopic (exact) mass is 680 g/mol. The summed E-state index contributed by atoms with van der Waals surface area (Å²) in [5, 5.41) is 7.44. The molecule has 0 aromatic heterocycles. The van der Waals surface area contributed by atoms with Crippen molar-refractivity contribution in [3.8, 4) is 5.75 Å². The molecule has 1 aliphatic heterocycles. The molecule has 3 aromatic carbocycles. The molecule has 0 spiro atoms. The number of carbonyl (C=O) groups is 3. The smallest absolute Gasteiger partial charge is 0.252 e. The third kappa shape index (κ3) is 6.72. The number of sulfone groups is 1. The van der Waals surface area contributed by atoms with Gasteiger partial charge >= 0.3 is 0 Å². The Morgan fingerprint density at radius 3 is 2.33 bits per heavy atom. The van der Waals surface area contributed by atoms with Crippen LogP contribution >= 0.6 is 28.3 Å². The lowest BCUT2D eigenvalue weighted by atomic mass is 10.0. The third-order valence-corrected chi connectivity index (χ3v) is 8.71. The molecule has 1 heterocycles. The first-order valence-electron chi connectivity index (χ1n) is 13.0. The molecule has 3 aromatic rings. The van der Waals surface area contributed by atoms with Crippen molar-refractivity contribution in [2.45, 2.75) is 38.5 Å². The average Bonchev–Trinajstić information content (AvgIpc) is 3.00. The largest absolute Gasteiger partial charge is 0.496 e. The number of hydrogen-bond donors (Lipinski definition) is 2. The van der Waals surface area contributed by atoms with Crippen LogP contribution in [0.25, 0.3) is 10.8 Å². The summed E-state index contributed by atoms with van der Waals surface area (Å²) in [7, 11) is -0.515. The first-order valence-corrected chi connectivity index (χ1v) is 15.8. The average molecular weight is 682 g/mol. The van der Waals surface area contributed by atoms with Crippen molar-refractivity contribution in [1.82, 2.24) is 10.6 Å². The predicted molar refractivity (Wildman–Crippen MR) is 170 cm³/mol. The summed E-state index contributed by atoms with van der Waals surface area (Å²) in [6.07, 6.45) is 0.982. The molecule has 3 atom stereocenters. The number of anilines is 2. The number of likely N-dealkylation sites (N-methyl/N-ethyl adjacent to an activating group) is 1. The molecular weight excluding hydrogens is 648 g/mol. The third-order valence-electron chi connectivity index (χ3n) is 7.25. The van der Waals surface area contributed by atoms with E-state index in [-0.39, 0.29) is 19.0 Å². The van der Waals surface area contributed by atoms with Crippen LogP contribution in [0.3, 0.4) is 0 Å². The summed E-state index contributed by atoms with van der Waals surface area (Å²) in [6.45, 7) is 3.34. The summed E-state index contributed by atoms with van der Waals surface area (Å²) < 4.78 is 30.9. The van der Waals surface area contributed by atoms with E-state index in [4.69, 9.17) is 4.74 Å². The Labute approximate surface area is 260 Å². The first kappa shape index (κ1) is 33.3. The SMILES string of the molecule is CNC(C)C(=O)N[C@@H]1C(=O)N(Cc2c(OC)ccc3c(Br)cccc23)c2ccccc2N(C(=O)CS(C)(=O)=O)[C@H]1C.Cl. The molecule has 2 N–H and O–H groups in total. The van der Waals surface area contributed by atoms with Crippen LogP contribution in [0.1, 0.15) is 19.4 Å². The fourth-order valence-corrected chi connectivity index (χ4v) is 6.13. The maximum Gasteiger partial charge on any atom is 0.252 e. The number of benzene rings is 3. The van der Waals surface area contributed by atoms with Crippen LogP contribution in [0.2, 0.25) is 0 Å². The van der Waals surface area contributed by atoms with Gasteiger partial charge in [-0.15, -0.1) is 12.4 Å². The molecule has 0 bridgehead atoms. The van der Waals surface area contributed by atoms with Crippen LogP contribution in [0.5, 0.6) is 5.75 Å². The van der Waals surface area contributed by atoms with E-state index in [1.54, 1.807) is 52.3 Å². The molecule has 1 unspecified atom stereocenters. The van der Waals surface area contributed by atoms with E-state index in [1.807, 2.05) is 30.3 Å². The van der Waals surface area contributed by atoms with Gasteiger partial charge in [-0.1, -0.05) is 40.2 Å². The van der Waals surface area contributed by atoms with Crippen molar-refractivity contribution in [2.75, 3.05) is 36.0 Å². The number of nitrogens with one attached hydrogen (secondary N) is 2. The number of para-hydroxylation sites is 2. The van der Waals surface area contributed by atoms with Gasteiger partial charge in [0.15, 0.2) is 9.84 Å². The number of methoxy groups -OCH3 is 1. The summed E-state index contributed by atoms with van der Waals surface area (Å²) >= 11 is 3.60. The highest BCUT2D eigenvalue weighted by molar-refractivity contribution is 9.10. The second-order valence-electron chi connectivity index (χ2n) is 10.1. The molecule has 13 heteroatoms. The van der Waals surface area contributed by atoms with E-state index in [2.05, 4.69) is 26.6 Å². The maximum atomic E-state index is 14.4. The van der Waals surface area contributed by atoms with Gasteiger partial charge in [-0.3, -0.25) is 14.4 Å². The number of nitrogens with zero attached hydrogens (tertiary/aromatic N) is 2. The maximum absolute atomic E-state index is 14.4. The Kier molecular flexibility index (Phi) is 10.6. The topological polar surface area (TPSA) is 125 Å². The van der Waals surface area contributed by atoms with Gasteiger partial charge in [0.05, 0.1) is 37.1 Å². The van der Waals surface area contributed by atoms with Crippen LogP contribution in [0.4, 0.5) is 11.4 Å². The van der Waals surface area contributed by atoms with Gasteiger partial charge in [-0.25, -0.2) is 8.42 Å². The quantitative estimate of drug-likeness (QED) is 0.373. The lowest BCUT2D eigenvalue weighted by Crippen LogP contribution is -2.60. The lowest BCUT2D eigenvalue weighted by molar-refractivity contribution is -0.129. The zero-order chi connectivity index (χ0) is 30.1.